The number of nitrogens with zero attached hydrogens (tertiary/aromatic N) is 3. The van der Waals surface area contributed by atoms with Gasteiger partial charge in [0.1, 0.15) is 0 Å². The fourth-order valence-corrected chi connectivity index (χ4v) is 4.34. The van der Waals surface area contributed by atoms with Crippen LogP contribution >= 0.6 is 0 Å². The maximum absolute atomic E-state index is 5.85. The van der Waals surface area contributed by atoms with Crippen LogP contribution in [0.5, 0.6) is 0 Å². The summed E-state index contributed by atoms with van der Waals surface area (Å²) in [7, 11) is 2.22. The lowest BCUT2D eigenvalue weighted by Gasteiger charge is -2.30. The zero-order valence-corrected chi connectivity index (χ0v) is 16.6. The summed E-state index contributed by atoms with van der Waals surface area (Å²) in [4.78, 5) is 4.82. The molecule has 2 aliphatic heterocycles. The lowest BCUT2D eigenvalue weighted by atomic mass is 9.90. The minimum atomic E-state index is 0.783. The average molecular weight is 367 g/mol. The highest BCUT2D eigenvalue weighted by Crippen LogP contribution is 2.33. The van der Waals surface area contributed by atoms with Crippen LogP contribution in [0.1, 0.15) is 37.4 Å². The molecule has 0 amide bonds. The Kier molecular flexibility index (Phi) is 5.84. The van der Waals surface area contributed by atoms with E-state index in [-0.39, 0.29) is 0 Å². The molecule has 0 spiro atoms. The predicted molar refractivity (Wildman–Crippen MR) is 113 cm³/mol. The van der Waals surface area contributed by atoms with Crippen LogP contribution in [-0.2, 0) is 11.2 Å². The van der Waals surface area contributed by atoms with Crippen molar-refractivity contribution >= 4 is 30.7 Å². The highest BCUT2D eigenvalue weighted by molar-refractivity contribution is 6.04. The molecule has 1 aromatic carbocycles. The largest absolute Gasteiger partial charge is 0.378 e. The number of ether oxygens (including phenoxy) is 1. The average Bonchev–Trinajstić information content (AvgIpc) is 3.12. The Bertz CT molecular complexity index is 790. The summed E-state index contributed by atoms with van der Waals surface area (Å²) in [6, 6.07) is 4.44. The van der Waals surface area contributed by atoms with E-state index in [9.17, 15) is 0 Å². The first-order valence-corrected chi connectivity index (χ1v) is 10.3. The number of rotatable bonds is 5. The van der Waals surface area contributed by atoms with Crippen molar-refractivity contribution < 1.29 is 9.26 Å². The standard InChI is InChI=1S/C21H30BN3O2/c1-2-3-18-20(24-12-14-26-15-13-24)7-5-17-19(23-27-21(17)18)6-4-16-8-10-25(22)11-9-16/h2-3,5,7,16H,4,6,8-15,22H2,1H3/b3-2+. The molecule has 0 unspecified atom stereocenters. The van der Waals surface area contributed by atoms with Crippen LogP contribution < -0.4 is 4.90 Å². The SMILES string of the molecule is BN1CCC(CCc2noc3c(/C=C/C)c(N4CCOCC4)ccc23)CC1. The van der Waals surface area contributed by atoms with Gasteiger partial charge in [-0.15, -0.1) is 0 Å². The molecule has 0 atom stereocenters. The summed E-state index contributed by atoms with van der Waals surface area (Å²) in [5.74, 6) is 0.815. The molecule has 1 aromatic heterocycles. The van der Waals surface area contributed by atoms with Crippen LogP contribution in [-0.4, -0.2) is 57.3 Å². The summed E-state index contributed by atoms with van der Waals surface area (Å²) in [5.41, 5.74) is 4.41. The van der Waals surface area contributed by atoms with E-state index in [0.29, 0.717) is 0 Å². The Balaban J connectivity index is 1.56. The highest BCUT2D eigenvalue weighted by atomic mass is 16.5. The molecule has 2 aromatic rings. The Hall–Kier alpha value is -1.79. The van der Waals surface area contributed by atoms with E-state index < -0.39 is 0 Å². The third-order valence-corrected chi connectivity index (χ3v) is 6.04. The van der Waals surface area contributed by atoms with Gasteiger partial charge < -0.3 is 19.0 Å². The van der Waals surface area contributed by atoms with Crippen molar-refractivity contribution in [3.8, 4) is 0 Å². The lowest BCUT2D eigenvalue weighted by molar-refractivity contribution is 0.122. The van der Waals surface area contributed by atoms with Crippen LogP contribution in [0.4, 0.5) is 5.69 Å². The Morgan fingerprint density at radius 1 is 1.19 bits per heavy atom. The molecule has 0 N–H and O–H groups in total. The zero-order chi connectivity index (χ0) is 18.6. The first-order chi connectivity index (χ1) is 13.3. The molecule has 144 valence electrons. The molecule has 0 radical (unpaired) electrons. The van der Waals surface area contributed by atoms with E-state index >= 15 is 0 Å². The van der Waals surface area contributed by atoms with Crippen LogP contribution in [0.15, 0.2) is 22.7 Å². The predicted octanol–water partition coefficient (Wildman–Crippen LogP) is 2.89. The fourth-order valence-electron chi connectivity index (χ4n) is 4.34. The van der Waals surface area contributed by atoms with E-state index in [1.54, 1.807) is 0 Å². The van der Waals surface area contributed by atoms with Gasteiger partial charge in [-0.1, -0.05) is 17.3 Å². The first-order valence-electron chi connectivity index (χ1n) is 10.3. The highest BCUT2D eigenvalue weighted by Gasteiger charge is 2.21. The topological polar surface area (TPSA) is 41.7 Å². The molecule has 5 nitrogen and oxygen atoms in total. The molecule has 2 fully saturated rings. The van der Waals surface area contributed by atoms with E-state index in [2.05, 4.69) is 54.1 Å². The number of allylic oxidation sites excluding steroid dienone is 1. The second-order valence-electron chi connectivity index (χ2n) is 7.89. The summed E-state index contributed by atoms with van der Waals surface area (Å²) in [6.07, 6.45) is 9.06. The number of morpholine rings is 1. The monoisotopic (exact) mass is 367 g/mol. The molecular formula is C21H30BN3O2. The Labute approximate surface area is 162 Å². The summed E-state index contributed by atoms with van der Waals surface area (Å²) in [6.45, 7) is 7.91. The van der Waals surface area contributed by atoms with Crippen molar-refractivity contribution in [1.29, 1.82) is 0 Å². The fraction of sp³-hybridized carbons (Fsp3) is 0.571. The van der Waals surface area contributed by atoms with Gasteiger partial charge in [-0.25, -0.2) is 0 Å². The molecule has 2 saturated heterocycles. The molecule has 3 heterocycles. The second-order valence-corrected chi connectivity index (χ2v) is 7.89. The molecule has 27 heavy (non-hydrogen) atoms. The number of piperidine rings is 1. The Morgan fingerprint density at radius 3 is 2.70 bits per heavy atom. The molecular weight excluding hydrogens is 337 g/mol. The minimum Gasteiger partial charge on any atom is -0.378 e. The summed E-state index contributed by atoms with van der Waals surface area (Å²) >= 11 is 0. The molecule has 6 heteroatoms. The number of benzene rings is 1. The number of aryl methyl sites for hydroxylation is 1. The van der Waals surface area contributed by atoms with Gasteiger partial charge in [0.2, 0.25) is 0 Å². The van der Waals surface area contributed by atoms with E-state index in [1.165, 1.54) is 43.4 Å². The maximum Gasteiger partial charge on any atom is 0.185 e. The van der Waals surface area contributed by atoms with Gasteiger partial charge in [0.15, 0.2) is 13.6 Å². The first kappa shape index (κ1) is 18.6. The Morgan fingerprint density at radius 2 is 1.96 bits per heavy atom. The van der Waals surface area contributed by atoms with E-state index in [1.807, 2.05) is 0 Å². The van der Waals surface area contributed by atoms with Crippen molar-refractivity contribution in [3.05, 3.63) is 29.5 Å². The minimum absolute atomic E-state index is 0.783. The van der Waals surface area contributed by atoms with Gasteiger partial charge in [-0.3, -0.25) is 0 Å². The van der Waals surface area contributed by atoms with E-state index in [0.717, 1.165) is 55.5 Å². The van der Waals surface area contributed by atoms with Crippen LogP contribution in [0, 0.1) is 5.92 Å². The number of hydrogen-bond acceptors (Lipinski definition) is 5. The van der Waals surface area contributed by atoms with Gasteiger partial charge in [-0.2, -0.15) is 0 Å². The van der Waals surface area contributed by atoms with Crippen molar-refractivity contribution in [2.45, 2.75) is 32.6 Å². The molecule has 0 aliphatic carbocycles. The normalized spacial score (nSPS) is 20.1. The summed E-state index contributed by atoms with van der Waals surface area (Å²) < 4.78 is 11.4. The van der Waals surface area contributed by atoms with Crippen molar-refractivity contribution in [1.82, 2.24) is 9.97 Å². The third kappa shape index (κ3) is 4.07. The van der Waals surface area contributed by atoms with Crippen LogP contribution in [0.2, 0.25) is 0 Å². The smallest absolute Gasteiger partial charge is 0.185 e. The number of aromatic nitrogens is 1. The quantitative estimate of drug-likeness (QED) is 0.761. The van der Waals surface area contributed by atoms with Crippen molar-refractivity contribution in [2.24, 2.45) is 5.92 Å². The molecule has 0 saturated carbocycles. The van der Waals surface area contributed by atoms with Crippen molar-refractivity contribution in [3.63, 3.8) is 0 Å². The number of hydrogen-bond donors (Lipinski definition) is 0. The third-order valence-electron chi connectivity index (χ3n) is 6.04. The molecule has 0 bridgehead atoms. The van der Waals surface area contributed by atoms with Crippen LogP contribution in [0.3, 0.4) is 0 Å². The molecule has 2 aliphatic rings. The second kappa shape index (κ2) is 8.49. The van der Waals surface area contributed by atoms with Gasteiger partial charge in [-0.05, 0) is 63.7 Å². The maximum atomic E-state index is 5.85. The zero-order valence-electron chi connectivity index (χ0n) is 16.6. The van der Waals surface area contributed by atoms with Gasteiger partial charge >= 0.3 is 0 Å². The van der Waals surface area contributed by atoms with Crippen molar-refractivity contribution in [2.75, 3.05) is 44.3 Å². The van der Waals surface area contributed by atoms with Crippen LogP contribution in [0.25, 0.3) is 17.0 Å². The number of anilines is 1. The van der Waals surface area contributed by atoms with Gasteiger partial charge in [0.05, 0.1) is 18.9 Å². The molecule has 4 rings (SSSR count). The number of fused-ring (bicyclic) bond motifs is 1. The lowest BCUT2D eigenvalue weighted by Crippen LogP contribution is -2.36. The van der Waals surface area contributed by atoms with Gasteiger partial charge in [0.25, 0.3) is 0 Å². The van der Waals surface area contributed by atoms with E-state index in [4.69, 9.17) is 9.26 Å². The van der Waals surface area contributed by atoms with Gasteiger partial charge in [0, 0.05) is 29.7 Å². The summed E-state index contributed by atoms with van der Waals surface area (Å²) in [5, 5.41) is 5.64.